The zero-order valence-electron chi connectivity index (χ0n) is 13.4. The number of hydrogen-bond acceptors (Lipinski definition) is 3. The first-order valence-electron chi connectivity index (χ1n) is 8.27. The van der Waals surface area contributed by atoms with Crippen LogP contribution in [0.25, 0.3) is 0 Å². The van der Waals surface area contributed by atoms with Crippen molar-refractivity contribution in [2.75, 3.05) is 39.8 Å². The molecule has 0 saturated carbocycles. The number of hydrogen-bond donors (Lipinski definition) is 1. The van der Waals surface area contributed by atoms with Crippen LogP contribution in [0.15, 0.2) is 24.3 Å². The lowest BCUT2D eigenvalue weighted by Gasteiger charge is -2.42. The van der Waals surface area contributed by atoms with Gasteiger partial charge in [0, 0.05) is 38.3 Å². The quantitative estimate of drug-likeness (QED) is 0.901. The average molecular weight is 327 g/mol. The molecule has 2 saturated heterocycles. The summed E-state index contributed by atoms with van der Waals surface area (Å²) in [5.74, 6) is 0. The summed E-state index contributed by atoms with van der Waals surface area (Å²) in [5, 5.41) is 3.29. The van der Waals surface area contributed by atoms with Crippen molar-refractivity contribution < 1.29 is 13.2 Å². The van der Waals surface area contributed by atoms with E-state index in [2.05, 4.69) is 22.2 Å². The van der Waals surface area contributed by atoms with Crippen LogP contribution in [0.5, 0.6) is 0 Å². The van der Waals surface area contributed by atoms with Crippen LogP contribution in [0.2, 0.25) is 0 Å². The largest absolute Gasteiger partial charge is 0.416 e. The van der Waals surface area contributed by atoms with Crippen molar-refractivity contribution in [3.8, 4) is 0 Å². The average Bonchev–Trinajstić information content (AvgIpc) is 2.55. The van der Waals surface area contributed by atoms with Crippen molar-refractivity contribution in [1.82, 2.24) is 15.1 Å². The molecule has 2 unspecified atom stereocenters. The molecule has 0 amide bonds. The first kappa shape index (κ1) is 16.7. The second kappa shape index (κ2) is 6.79. The summed E-state index contributed by atoms with van der Waals surface area (Å²) < 4.78 is 39.8. The third-order valence-corrected chi connectivity index (χ3v) is 5.07. The molecule has 0 spiro atoms. The van der Waals surface area contributed by atoms with E-state index in [1.165, 1.54) is 12.1 Å². The summed E-state index contributed by atoms with van der Waals surface area (Å²) >= 11 is 0. The number of likely N-dealkylation sites (N-methyl/N-ethyl adjacent to an activating group) is 1. The minimum absolute atomic E-state index is 0.216. The Hall–Kier alpha value is -1.11. The van der Waals surface area contributed by atoms with Crippen LogP contribution >= 0.6 is 0 Å². The van der Waals surface area contributed by atoms with E-state index in [9.17, 15) is 13.2 Å². The molecule has 1 aromatic carbocycles. The number of piperazine rings is 1. The molecule has 23 heavy (non-hydrogen) atoms. The molecule has 2 fully saturated rings. The molecule has 3 nitrogen and oxygen atoms in total. The summed E-state index contributed by atoms with van der Waals surface area (Å²) in [6.45, 7) is 4.86. The van der Waals surface area contributed by atoms with E-state index in [1.54, 1.807) is 12.1 Å². The molecule has 2 heterocycles. The molecule has 2 aliphatic heterocycles. The van der Waals surface area contributed by atoms with E-state index in [0.29, 0.717) is 11.6 Å². The number of nitrogens with one attached hydrogen (secondary N) is 1. The zero-order chi connectivity index (χ0) is 16.4. The molecular weight excluding hydrogens is 303 g/mol. The van der Waals surface area contributed by atoms with E-state index >= 15 is 0 Å². The van der Waals surface area contributed by atoms with Gasteiger partial charge in [-0.15, -0.1) is 0 Å². The van der Waals surface area contributed by atoms with Crippen molar-refractivity contribution in [2.45, 2.75) is 31.1 Å². The Balaban J connectivity index is 1.74. The highest BCUT2D eigenvalue weighted by Gasteiger charge is 2.37. The lowest BCUT2D eigenvalue weighted by atomic mass is 9.89. The summed E-state index contributed by atoms with van der Waals surface area (Å²) in [7, 11) is 2.11. The fraction of sp³-hybridized carbons (Fsp3) is 0.647. The van der Waals surface area contributed by atoms with Gasteiger partial charge in [-0.25, -0.2) is 0 Å². The van der Waals surface area contributed by atoms with E-state index in [0.717, 1.165) is 45.6 Å². The number of nitrogens with zero attached hydrogens (tertiary/aromatic N) is 2. The van der Waals surface area contributed by atoms with Crippen LogP contribution in [0.1, 0.15) is 30.0 Å². The summed E-state index contributed by atoms with van der Waals surface area (Å²) in [4.78, 5) is 4.75. The molecule has 1 aromatic rings. The fourth-order valence-corrected chi connectivity index (χ4v) is 3.71. The second-order valence-electron chi connectivity index (χ2n) is 6.61. The van der Waals surface area contributed by atoms with Gasteiger partial charge >= 0.3 is 6.18 Å². The van der Waals surface area contributed by atoms with Gasteiger partial charge in [0.25, 0.3) is 0 Å². The van der Waals surface area contributed by atoms with Gasteiger partial charge in [-0.3, -0.25) is 4.90 Å². The molecule has 0 radical (unpaired) electrons. The molecule has 0 bridgehead atoms. The maximum Gasteiger partial charge on any atom is 0.416 e. The van der Waals surface area contributed by atoms with Gasteiger partial charge in [-0.2, -0.15) is 13.2 Å². The predicted octanol–water partition coefficient (Wildman–Crippen LogP) is 2.75. The van der Waals surface area contributed by atoms with Gasteiger partial charge in [-0.05, 0) is 38.1 Å². The van der Waals surface area contributed by atoms with Gasteiger partial charge in [0.1, 0.15) is 0 Å². The Morgan fingerprint density at radius 2 is 1.78 bits per heavy atom. The van der Waals surface area contributed by atoms with E-state index in [1.807, 2.05) is 0 Å². The van der Waals surface area contributed by atoms with Crippen LogP contribution in [0.3, 0.4) is 0 Å². The van der Waals surface area contributed by atoms with Crippen molar-refractivity contribution in [1.29, 1.82) is 0 Å². The standard InChI is InChI=1S/C17H24F3N3/c1-22-8-10-23(11-9-22)13-6-7-21-16(12-13)14-4-2-3-5-15(14)17(18,19)20/h2-5,13,16,21H,6-12H2,1H3. The molecule has 2 aliphatic rings. The maximum atomic E-state index is 13.3. The highest BCUT2D eigenvalue weighted by Crippen LogP contribution is 2.37. The maximum absolute atomic E-state index is 13.3. The molecule has 0 aliphatic carbocycles. The Labute approximate surface area is 135 Å². The van der Waals surface area contributed by atoms with E-state index in [4.69, 9.17) is 0 Å². The number of piperidine rings is 1. The SMILES string of the molecule is CN1CCN(C2CCNC(c3ccccc3C(F)(F)F)C2)CC1. The highest BCUT2D eigenvalue weighted by molar-refractivity contribution is 5.33. The topological polar surface area (TPSA) is 18.5 Å². The summed E-state index contributed by atoms with van der Waals surface area (Å²) in [6.07, 6.45) is -2.54. The number of halogens is 3. The van der Waals surface area contributed by atoms with Crippen molar-refractivity contribution >= 4 is 0 Å². The van der Waals surface area contributed by atoms with Gasteiger partial charge < -0.3 is 10.2 Å². The normalized spacial score (nSPS) is 28.0. The van der Waals surface area contributed by atoms with E-state index < -0.39 is 11.7 Å². The Morgan fingerprint density at radius 3 is 2.48 bits per heavy atom. The highest BCUT2D eigenvalue weighted by atomic mass is 19.4. The van der Waals surface area contributed by atoms with Gasteiger partial charge in [0.2, 0.25) is 0 Å². The molecule has 0 aromatic heterocycles. The van der Waals surface area contributed by atoms with Crippen molar-refractivity contribution in [3.05, 3.63) is 35.4 Å². The van der Waals surface area contributed by atoms with Gasteiger partial charge in [0.15, 0.2) is 0 Å². The summed E-state index contributed by atoms with van der Waals surface area (Å²) in [5.41, 5.74) is -0.115. The Kier molecular flexibility index (Phi) is 4.94. The van der Waals surface area contributed by atoms with Crippen LogP contribution in [0, 0.1) is 0 Å². The molecule has 1 N–H and O–H groups in total. The molecule has 2 atom stereocenters. The molecule has 6 heteroatoms. The molecular formula is C17H24F3N3. The van der Waals surface area contributed by atoms with Gasteiger partial charge in [-0.1, -0.05) is 18.2 Å². The fourth-order valence-electron chi connectivity index (χ4n) is 3.71. The van der Waals surface area contributed by atoms with Crippen molar-refractivity contribution in [2.24, 2.45) is 0 Å². The number of benzene rings is 1. The summed E-state index contributed by atoms with van der Waals surface area (Å²) in [6, 6.07) is 6.13. The number of rotatable bonds is 2. The first-order valence-corrected chi connectivity index (χ1v) is 8.27. The van der Waals surface area contributed by atoms with Gasteiger partial charge in [0.05, 0.1) is 5.56 Å². The molecule has 3 rings (SSSR count). The minimum Gasteiger partial charge on any atom is -0.310 e. The number of alkyl halides is 3. The third kappa shape index (κ3) is 3.87. The van der Waals surface area contributed by atoms with Crippen LogP contribution in [-0.4, -0.2) is 55.6 Å². The smallest absolute Gasteiger partial charge is 0.310 e. The Morgan fingerprint density at radius 1 is 1.09 bits per heavy atom. The lowest BCUT2D eigenvalue weighted by molar-refractivity contribution is -0.138. The first-order chi connectivity index (χ1) is 10.9. The zero-order valence-corrected chi connectivity index (χ0v) is 13.4. The minimum atomic E-state index is -4.29. The molecule has 128 valence electrons. The second-order valence-corrected chi connectivity index (χ2v) is 6.61. The van der Waals surface area contributed by atoms with E-state index in [-0.39, 0.29) is 6.04 Å². The van der Waals surface area contributed by atoms with Crippen molar-refractivity contribution in [3.63, 3.8) is 0 Å². The van der Waals surface area contributed by atoms with Crippen LogP contribution < -0.4 is 5.32 Å². The monoisotopic (exact) mass is 327 g/mol. The predicted molar refractivity (Wildman–Crippen MR) is 84.3 cm³/mol. The van der Waals surface area contributed by atoms with Crippen LogP contribution in [0.4, 0.5) is 13.2 Å². The lowest BCUT2D eigenvalue weighted by Crippen LogP contribution is -2.52. The Bertz CT molecular complexity index is 524. The van der Waals surface area contributed by atoms with Crippen LogP contribution in [-0.2, 0) is 6.18 Å². The third-order valence-electron chi connectivity index (χ3n) is 5.07.